The maximum absolute atomic E-state index is 11.6. The Morgan fingerprint density at radius 1 is 1.50 bits per heavy atom. The summed E-state index contributed by atoms with van der Waals surface area (Å²) in [5, 5.41) is 0. The maximum Gasteiger partial charge on any atom is 0.166 e. The summed E-state index contributed by atoms with van der Waals surface area (Å²) in [7, 11) is 0. The van der Waals surface area contributed by atoms with Gasteiger partial charge in [0, 0.05) is 12.6 Å². The molecule has 0 aliphatic heterocycles. The number of anilines is 1. The molecule has 0 unspecified atom stereocenters. The van der Waals surface area contributed by atoms with Gasteiger partial charge in [-0.2, -0.15) is 0 Å². The second kappa shape index (κ2) is 5.37. The molecule has 0 atom stereocenters. The van der Waals surface area contributed by atoms with E-state index in [0.717, 1.165) is 19.3 Å². The molecule has 0 aliphatic carbocycles. The summed E-state index contributed by atoms with van der Waals surface area (Å²) in [5.41, 5.74) is 6.15. The normalized spacial score (nSPS) is 10.1. The molecule has 0 radical (unpaired) electrons. The van der Waals surface area contributed by atoms with Gasteiger partial charge in [-0.3, -0.25) is 4.79 Å². The molecule has 0 bridgehead atoms. The molecule has 0 aromatic carbocycles. The summed E-state index contributed by atoms with van der Waals surface area (Å²) in [6.07, 6.45) is 5.31. The Morgan fingerprint density at radius 2 is 2.29 bits per heavy atom. The van der Waals surface area contributed by atoms with Crippen LogP contribution in [-0.4, -0.2) is 10.8 Å². The first-order valence-electron chi connectivity index (χ1n) is 4.99. The molecule has 1 aromatic heterocycles. The van der Waals surface area contributed by atoms with Gasteiger partial charge in [-0.25, -0.2) is 4.98 Å². The van der Waals surface area contributed by atoms with Gasteiger partial charge in [-0.05, 0) is 18.6 Å². The number of nitrogens with two attached hydrogens (primary N) is 1. The third-order valence-corrected chi connectivity index (χ3v) is 2.15. The van der Waals surface area contributed by atoms with Crippen LogP contribution in [0.4, 0.5) is 5.82 Å². The van der Waals surface area contributed by atoms with Crippen molar-refractivity contribution >= 4 is 11.6 Å². The van der Waals surface area contributed by atoms with Crippen molar-refractivity contribution in [3.8, 4) is 0 Å². The number of rotatable bonds is 5. The van der Waals surface area contributed by atoms with E-state index in [0.29, 0.717) is 17.8 Å². The third kappa shape index (κ3) is 2.83. The van der Waals surface area contributed by atoms with E-state index in [2.05, 4.69) is 11.9 Å². The molecule has 0 saturated heterocycles. The van der Waals surface area contributed by atoms with Crippen LogP contribution >= 0.6 is 0 Å². The molecule has 14 heavy (non-hydrogen) atoms. The van der Waals surface area contributed by atoms with E-state index >= 15 is 0 Å². The monoisotopic (exact) mass is 192 g/mol. The van der Waals surface area contributed by atoms with Crippen LogP contribution in [0.2, 0.25) is 0 Å². The lowest BCUT2D eigenvalue weighted by Gasteiger charge is -2.02. The lowest BCUT2D eigenvalue weighted by atomic mass is 10.1. The van der Waals surface area contributed by atoms with Crippen LogP contribution < -0.4 is 5.73 Å². The van der Waals surface area contributed by atoms with Crippen molar-refractivity contribution in [3.63, 3.8) is 0 Å². The fourth-order valence-electron chi connectivity index (χ4n) is 1.32. The van der Waals surface area contributed by atoms with Gasteiger partial charge >= 0.3 is 0 Å². The van der Waals surface area contributed by atoms with Crippen LogP contribution in [0, 0.1) is 0 Å². The molecule has 0 amide bonds. The van der Waals surface area contributed by atoms with E-state index < -0.39 is 0 Å². The molecular weight excluding hydrogens is 176 g/mol. The first-order chi connectivity index (χ1) is 6.75. The molecule has 1 heterocycles. The van der Waals surface area contributed by atoms with Gasteiger partial charge < -0.3 is 5.73 Å². The minimum atomic E-state index is 0.101. The zero-order chi connectivity index (χ0) is 10.4. The molecule has 0 aliphatic rings. The SMILES string of the molecule is CCCCCC(=O)c1cccnc1N. The summed E-state index contributed by atoms with van der Waals surface area (Å²) >= 11 is 0. The van der Waals surface area contributed by atoms with E-state index in [9.17, 15) is 4.79 Å². The number of aromatic nitrogens is 1. The van der Waals surface area contributed by atoms with Crippen molar-refractivity contribution in [2.45, 2.75) is 32.6 Å². The van der Waals surface area contributed by atoms with Gasteiger partial charge in [0.05, 0.1) is 5.56 Å². The molecule has 0 saturated carbocycles. The lowest BCUT2D eigenvalue weighted by Crippen LogP contribution is -2.04. The zero-order valence-electron chi connectivity index (χ0n) is 8.49. The van der Waals surface area contributed by atoms with Crippen molar-refractivity contribution in [2.24, 2.45) is 0 Å². The van der Waals surface area contributed by atoms with Gasteiger partial charge in [-0.15, -0.1) is 0 Å². The third-order valence-electron chi connectivity index (χ3n) is 2.15. The van der Waals surface area contributed by atoms with Crippen molar-refractivity contribution < 1.29 is 4.79 Å². The highest BCUT2D eigenvalue weighted by molar-refractivity contribution is 5.99. The number of carbonyl (C=O) groups is 1. The predicted molar refractivity (Wildman–Crippen MR) is 57.1 cm³/mol. The van der Waals surface area contributed by atoms with Crippen LogP contribution in [0.3, 0.4) is 0 Å². The second-order valence-electron chi connectivity index (χ2n) is 3.32. The van der Waals surface area contributed by atoms with Crippen molar-refractivity contribution in [1.82, 2.24) is 4.98 Å². The van der Waals surface area contributed by atoms with Crippen LogP contribution in [0.5, 0.6) is 0 Å². The van der Waals surface area contributed by atoms with Gasteiger partial charge in [0.2, 0.25) is 0 Å². The largest absolute Gasteiger partial charge is 0.383 e. The van der Waals surface area contributed by atoms with E-state index in [-0.39, 0.29) is 5.78 Å². The standard InChI is InChI=1S/C11H16N2O/c1-2-3-4-7-10(14)9-6-5-8-13-11(9)12/h5-6,8H,2-4,7H2,1H3,(H2,12,13). The fourth-order valence-corrected chi connectivity index (χ4v) is 1.32. The van der Waals surface area contributed by atoms with Crippen LogP contribution in [-0.2, 0) is 0 Å². The fraction of sp³-hybridized carbons (Fsp3) is 0.455. The Hall–Kier alpha value is -1.38. The average Bonchev–Trinajstić information content (AvgIpc) is 2.18. The number of carbonyl (C=O) groups excluding carboxylic acids is 1. The van der Waals surface area contributed by atoms with Crippen LogP contribution in [0.15, 0.2) is 18.3 Å². The summed E-state index contributed by atoms with van der Waals surface area (Å²) in [6.45, 7) is 2.11. The highest BCUT2D eigenvalue weighted by Gasteiger charge is 2.08. The molecule has 0 fully saturated rings. The first-order valence-corrected chi connectivity index (χ1v) is 4.99. The van der Waals surface area contributed by atoms with Gasteiger partial charge in [0.1, 0.15) is 5.82 Å². The number of unbranched alkanes of at least 4 members (excludes halogenated alkanes) is 2. The average molecular weight is 192 g/mol. The molecule has 2 N–H and O–H groups in total. The van der Waals surface area contributed by atoms with Gasteiger partial charge in [0.15, 0.2) is 5.78 Å². The number of nitrogen functional groups attached to an aromatic ring is 1. The van der Waals surface area contributed by atoms with Gasteiger partial charge in [0.25, 0.3) is 0 Å². The van der Waals surface area contributed by atoms with Crippen molar-refractivity contribution in [3.05, 3.63) is 23.9 Å². The minimum Gasteiger partial charge on any atom is -0.383 e. The molecule has 1 rings (SSSR count). The van der Waals surface area contributed by atoms with E-state index in [1.54, 1.807) is 18.3 Å². The van der Waals surface area contributed by atoms with Crippen LogP contribution in [0.25, 0.3) is 0 Å². The number of Topliss-reactive ketones (excluding diaryl/α,β-unsaturated/α-hetero) is 1. The summed E-state index contributed by atoms with van der Waals surface area (Å²) < 4.78 is 0. The van der Waals surface area contributed by atoms with Crippen molar-refractivity contribution in [2.75, 3.05) is 5.73 Å². The first kappa shape index (κ1) is 10.7. The predicted octanol–water partition coefficient (Wildman–Crippen LogP) is 2.43. The molecule has 76 valence electrons. The highest BCUT2D eigenvalue weighted by atomic mass is 16.1. The Labute approximate surface area is 84.3 Å². The quantitative estimate of drug-likeness (QED) is 0.575. The Bertz CT molecular complexity index is 310. The lowest BCUT2D eigenvalue weighted by molar-refractivity contribution is 0.0980. The number of hydrogen-bond donors (Lipinski definition) is 1. The van der Waals surface area contributed by atoms with E-state index in [1.165, 1.54) is 0 Å². The molecule has 3 nitrogen and oxygen atoms in total. The smallest absolute Gasteiger partial charge is 0.166 e. The Balaban J connectivity index is 2.56. The summed E-state index contributed by atoms with van der Waals surface area (Å²) in [6, 6.07) is 3.47. The van der Waals surface area contributed by atoms with Gasteiger partial charge in [-0.1, -0.05) is 19.8 Å². The van der Waals surface area contributed by atoms with Crippen LogP contribution in [0.1, 0.15) is 43.0 Å². The Morgan fingerprint density at radius 3 is 2.93 bits per heavy atom. The number of nitrogens with zero attached hydrogens (tertiary/aromatic N) is 1. The number of pyridine rings is 1. The Kier molecular flexibility index (Phi) is 4.11. The minimum absolute atomic E-state index is 0.101. The zero-order valence-corrected chi connectivity index (χ0v) is 8.49. The number of ketones is 1. The molecule has 3 heteroatoms. The topological polar surface area (TPSA) is 56.0 Å². The molecule has 0 spiro atoms. The maximum atomic E-state index is 11.6. The summed E-state index contributed by atoms with van der Waals surface area (Å²) in [4.78, 5) is 15.5. The molecule has 1 aromatic rings. The number of hydrogen-bond acceptors (Lipinski definition) is 3. The van der Waals surface area contributed by atoms with Crippen molar-refractivity contribution in [1.29, 1.82) is 0 Å². The highest BCUT2D eigenvalue weighted by Crippen LogP contribution is 2.12. The summed E-state index contributed by atoms with van der Waals surface area (Å²) in [5.74, 6) is 0.443. The van der Waals surface area contributed by atoms with E-state index in [4.69, 9.17) is 5.73 Å². The molecular formula is C11H16N2O. The van der Waals surface area contributed by atoms with E-state index in [1.807, 2.05) is 0 Å². The second-order valence-corrected chi connectivity index (χ2v) is 3.32.